The summed E-state index contributed by atoms with van der Waals surface area (Å²) in [7, 11) is 3.27. The highest BCUT2D eigenvalue weighted by atomic mass is 32.2. The summed E-state index contributed by atoms with van der Waals surface area (Å²) in [4.78, 5) is 0. The highest BCUT2D eigenvalue weighted by molar-refractivity contribution is 7.99. The molecule has 0 bridgehead atoms. The van der Waals surface area contributed by atoms with E-state index in [-0.39, 0.29) is 72.7 Å². The maximum absolute atomic E-state index is 7.66. The van der Waals surface area contributed by atoms with Gasteiger partial charge in [-0.15, -0.1) is 11.8 Å². The molecule has 4 fully saturated rings. The number of ether oxygens (including phenoxy) is 17. The predicted octanol–water partition coefficient (Wildman–Crippen LogP) is 14.9. The quantitative estimate of drug-likeness (QED) is 0.0365. The van der Waals surface area contributed by atoms with E-state index in [9.17, 15) is 0 Å². The third-order valence-electron chi connectivity index (χ3n) is 18.8. The second-order valence-corrected chi connectivity index (χ2v) is 27.5. The number of hydrogen-bond donors (Lipinski definition) is 0. The molecular formula is C86H94O17S. The van der Waals surface area contributed by atoms with E-state index in [2.05, 4.69) is 37.3 Å². The lowest BCUT2D eigenvalue weighted by molar-refractivity contribution is -0.389. The lowest BCUT2D eigenvalue weighted by atomic mass is 9.95. The molecule has 4 aliphatic rings. The fourth-order valence-corrected chi connectivity index (χ4v) is 14.4. The van der Waals surface area contributed by atoms with Crippen LogP contribution in [0, 0.1) is 0 Å². The Morgan fingerprint density at radius 2 is 0.740 bits per heavy atom. The molecule has 0 aromatic heterocycles. The first-order valence-corrected chi connectivity index (χ1v) is 37.0. The third-order valence-corrected chi connectivity index (χ3v) is 19.8. The van der Waals surface area contributed by atoms with E-state index in [0.29, 0.717) is 6.61 Å². The van der Waals surface area contributed by atoms with Gasteiger partial charge in [-0.25, -0.2) is 0 Å². The van der Waals surface area contributed by atoms with Crippen molar-refractivity contribution in [1.29, 1.82) is 0 Å². The monoisotopic (exact) mass is 1430 g/mol. The molecule has 4 aliphatic heterocycles. The Hall–Kier alpha value is -7.51. The van der Waals surface area contributed by atoms with Crippen LogP contribution in [0.2, 0.25) is 0 Å². The summed E-state index contributed by atoms with van der Waals surface area (Å²) in [6.45, 7) is 4.85. The zero-order valence-corrected chi connectivity index (χ0v) is 59.9. The van der Waals surface area contributed by atoms with E-state index in [4.69, 9.17) is 80.5 Å². The van der Waals surface area contributed by atoms with Gasteiger partial charge in [0.05, 0.1) is 86.4 Å². The first-order valence-electron chi connectivity index (χ1n) is 35.9. The fourth-order valence-electron chi connectivity index (χ4n) is 13.5. The third kappa shape index (κ3) is 20.8. The largest absolute Gasteiger partial charge is 0.497 e. The zero-order valence-electron chi connectivity index (χ0n) is 59.1. The Balaban J connectivity index is 0.797. The molecule has 0 spiro atoms. The van der Waals surface area contributed by atoms with E-state index >= 15 is 0 Å². The molecule has 0 saturated carbocycles. The Labute approximate surface area is 615 Å². The van der Waals surface area contributed by atoms with Gasteiger partial charge < -0.3 is 80.5 Å². The summed E-state index contributed by atoms with van der Waals surface area (Å²) < 4.78 is 117. The summed E-state index contributed by atoms with van der Waals surface area (Å²) in [5.41, 5.74) is 9.03. The summed E-state index contributed by atoms with van der Waals surface area (Å²) >= 11 is 1.65. The van der Waals surface area contributed by atoms with E-state index in [1.165, 1.54) is 0 Å². The molecule has 546 valence electrons. The lowest BCUT2D eigenvalue weighted by Crippen LogP contribution is -2.66. The molecule has 0 amide bonds. The van der Waals surface area contributed by atoms with Gasteiger partial charge in [-0.1, -0.05) is 256 Å². The maximum atomic E-state index is 7.66. The van der Waals surface area contributed by atoms with Gasteiger partial charge in [0, 0.05) is 12.7 Å². The predicted molar refractivity (Wildman–Crippen MR) is 393 cm³/mol. The smallest absolute Gasteiger partial charge is 0.187 e. The Morgan fingerprint density at radius 1 is 0.346 bits per heavy atom. The van der Waals surface area contributed by atoms with Crippen molar-refractivity contribution >= 4 is 11.8 Å². The molecule has 4 heterocycles. The standard InChI is InChI=1S/C86H94O17S/c1-4-104-86-82(97-54-65-37-22-10-23-38-65)79(94-51-62-31-16-7-17-32-62)75(103-85-81(96-53-64-35-20-9-21-36-64)78(93-50-61-29-14-6-15-30-61)76-73(100-85)59-98-83(102-76)69-41-24-11-25-42-69)72(101-86)58-90-49-67-39-26-40-68(47-67)56-91-74-71(57-89-48-60-27-12-5-13-28-60)99-84(88-3)80(95-52-63-33-18-8-19-34-63)77(74)92-55-66-43-45-70(87-2)46-44-66/h5-47,71-86H,4,48-59H2,1-3H3/t71-,72-,73-,74+,75-,76-,77+,78+,79+,80-,81-,82-,83?,84+,85-,86+/m1/s1. The molecule has 4 saturated heterocycles. The van der Waals surface area contributed by atoms with Crippen LogP contribution in [-0.4, -0.2) is 131 Å². The van der Waals surface area contributed by atoms with Crippen LogP contribution >= 0.6 is 11.8 Å². The average molecular weight is 1430 g/mol. The van der Waals surface area contributed by atoms with Crippen molar-refractivity contribution in [2.24, 2.45) is 0 Å². The number of benzene rings is 9. The highest BCUT2D eigenvalue weighted by Gasteiger charge is 2.56. The van der Waals surface area contributed by atoms with Crippen LogP contribution in [0.4, 0.5) is 0 Å². The Bertz CT molecular complexity index is 3880. The van der Waals surface area contributed by atoms with Crippen LogP contribution in [-0.2, 0) is 135 Å². The molecule has 9 aromatic carbocycles. The van der Waals surface area contributed by atoms with E-state index in [1.54, 1.807) is 26.0 Å². The first-order chi connectivity index (χ1) is 51.4. The highest BCUT2D eigenvalue weighted by Crippen LogP contribution is 2.42. The minimum Gasteiger partial charge on any atom is -0.497 e. The van der Waals surface area contributed by atoms with Crippen molar-refractivity contribution in [3.05, 3.63) is 316 Å². The Morgan fingerprint density at radius 3 is 1.24 bits per heavy atom. The van der Waals surface area contributed by atoms with Crippen molar-refractivity contribution in [1.82, 2.24) is 0 Å². The summed E-state index contributed by atoms with van der Waals surface area (Å²) in [6.07, 6.45) is -11.3. The summed E-state index contributed by atoms with van der Waals surface area (Å²) in [5, 5.41) is 0. The van der Waals surface area contributed by atoms with Gasteiger partial charge in [-0.2, -0.15) is 0 Å². The number of methoxy groups -OCH3 is 2. The van der Waals surface area contributed by atoms with E-state index < -0.39 is 97.6 Å². The average Bonchev–Trinajstić information content (AvgIpc) is 0.763. The number of fused-ring (bicyclic) bond motifs is 1. The van der Waals surface area contributed by atoms with Gasteiger partial charge in [-0.3, -0.25) is 0 Å². The van der Waals surface area contributed by atoms with Crippen LogP contribution in [0.1, 0.15) is 68.8 Å². The molecule has 16 atom stereocenters. The van der Waals surface area contributed by atoms with E-state index in [0.717, 1.165) is 67.1 Å². The molecular weight excluding hydrogens is 1340 g/mol. The number of thioether (sulfide) groups is 1. The molecule has 0 aliphatic carbocycles. The minimum atomic E-state index is -1.09. The molecule has 18 heteroatoms. The van der Waals surface area contributed by atoms with Crippen molar-refractivity contribution in [3.63, 3.8) is 0 Å². The molecule has 0 radical (unpaired) electrons. The maximum Gasteiger partial charge on any atom is 0.187 e. The molecule has 104 heavy (non-hydrogen) atoms. The fraction of sp³-hybridized carbons (Fsp3) is 0.372. The second-order valence-electron chi connectivity index (χ2n) is 26.1. The molecule has 13 rings (SSSR count). The molecule has 17 nitrogen and oxygen atoms in total. The first kappa shape index (κ1) is 74.8. The second kappa shape index (κ2) is 39.2. The van der Waals surface area contributed by atoms with Crippen LogP contribution in [0.3, 0.4) is 0 Å². The van der Waals surface area contributed by atoms with Crippen LogP contribution < -0.4 is 4.74 Å². The van der Waals surface area contributed by atoms with Gasteiger partial charge in [-0.05, 0) is 68.0 Å². The number of rotatable bonds is 36. The van der Waals surface area contributed by atoms with Gasteiger partial charge in [0.25, 0.3) is 0 Å². The van der Waals surface area contributed by atoms with E-state index in [1.807, 2.05) is 231 Å². The van der Waals surface area contributed by atoms with Crippen molar-refractivity contribution in [2.75, 3.05) is 39.8 Å². The minimum absolute atomic E-state index is 0.0817. The van der Waals surface area contributed by atoms with Crippen LogP contribution in [0.5, 0.6) is 5.75 Å². The SMILES string of the molecule is CCS[C@@H]1O[C@H](COCc2cccc(CO[C@@H]3[C@H](OCc4ccc(OC)cc4)[C@@H](OCc4ccccc4)[C@@H](OC)O[C@@H]3COCc3ccccc3)c2)[C@@H](O[C@H]2O[C@@H]3COC(c4ccccc4)O[C@H]3[C@H](OCc3ccccc3)[C@H]2OCc2ccccc2)[C@H](OCc2ccccc2)[C@H]1OCc1ccccc1. The summed E-state index contributed by atoms with van der Waals surface area (Å²) in [6, 6.07) is 86.4. The van der Waals surface area contributed by atoms with Gasteiger partial charge >= 0.3 is 0 Å². The zero-order chi connectivity index (χ0) is 70.9. The lowest BCUT2D eigenvalue weighted by Gasteiger charge is -2.51. The molecule has 0 N–H and O–H groups in total. The topological polar surface area (TPSA) is 157 Å². The number of hydrogen-bond acceptors (Lipinski definition) is 18. The van der Waals surface area contributed by atoms with Crippen molar-refractivity contribution < 1.29 is 80.5 Å². The van der Waals surface area contributed by atoms with Gasteiger partial charge in [0.15, 0.2) is 18.9 Å². The summed E-state index contributed by atoms with van der Waals surface area (Å²) in [5.74, 6) is 1.47. The Kier molecular flexibility index (Phi) is 28.2. The van der Waals surface area contributed by atoms with Crippen molar-refractivity contribution in [3.8, 4) is 5.75 Å². The van der Waals surface area contributed by atoms with Gasteiger partial charge in [0.1, 0.15) is 84.4 Å². The van der Waals surface area contributed by atoms with Gasteiger partial charge in [0.2, 0.25) is 0 Å². The normalized spacial score (nSPS) is 26.1. The van der Waals surface area contributed by atoms with Crippen LogP contribution in [0.25, 0.3) is 0 Å². The van der Waals surface area contributed by atoms with Crippen molar-refractivity contribution in [2.45, 2.75) is 164 Å². The molecule has 9 aromatic rings. The molecule has 1 unspecified atom stereocenters. The van der Waals surface area contributed by atoms with Crippen LogP contribution in [0.15, 0.2) is 261 Å².